The molecule has 0 saturated heterocycles. The molecule has 162 valence electrons. The monoisotopic (exact) mass is 416 g/mol. The van der Waals surface area contributed by atoms with Crippen molar-refractivity contribution in [2.75, 3.05) is 27.9 Å². The van der Waals surface area contributed by atoms with Gasteiger partial charge in [-0.2, -0.15) is 0 Å². The number of amides is 2. The van der Waals surface area contributed by atoms with E-state index < -0.39 is 11.8 Å². The Labute approximate surface area is 176 Å². The first-order chi connectivity index (χ1) is 14.4. The minimum absolute atomic E-state index is 0.226. The Morgan fingerprint density at radius 1 is 0.833 bits per heavy atom. The van der Waals surface area contributed by atoms with Crippen LogP contribution in [0.2, 0.25) is 0 Å². The van der Waals surface area contributed by atoms with Crippen molar-refractivity contribution in [3.05, 3.63) is 47.5 Å². The molecule has 0 aliphatic rings. The van der Waals surface area contributed by atoms with Gasteiger partial charge in [0.25, 0.3) is 11.8 Å². The molecular formula is C22H28N2O6. The van der Waals surface area contributed by atoms with Gasteiger partial charge in [0.1, 0.15) is 11.5 Å². The lowest BCUT2D eigenvalue weighted by molar-refractivity contribution is 0.0844. The molecule has 2 aromatic rings. The summed E-state index contributed by atoms with van der Waals surface area (Å²) in [6.45, 7) is 4.78. The highest BCUT2D eigenvalue weighted by Gasteiger charge is 2.16. The highest BCUT2D eigenvalue weighted by Crippen LogP contribution is 2.28. The third-order valence-corrected chi connectivity index (χ3v) is 4.32. The van der Waals surface area contributed by atoms with Crippen LogP contribution in [0.15, 0.2) is 36.4 Å². The van der Waals surface area contributed by atoms with Crippen molar-refractivity contribution in [1.82, 2.24) is 10.9 Å². The third kappa shape index (κ3) is 6.04. The van der Waals surface area contributed by atoms with E-state index in [4.69, 9.17) is 18.9 Å². The second kappa shape index (κ2) is 10.9. The van der Waals surface area contributed by atoms with Crippen molar-refractivity contribution in [2.45, 2.75) is 20.3 Å². The van der Waals surface area contributed by atoms with E-state index in [1.54, 1.807) is 30.3 Å². The highest BCUT2D eigenvalue weighted by molar-refractivity contribution is 6.01. The first kappa shape index (κ1) is 22.9. The van der Waals surface area contributed by atoms with Crippen LogP contribution in [0.1, 0.15) is 41.0 Å². The Bertz CT molecular complexity index is 882. The first-order valence-corrected chi connectivity index (χ1v) is 9.53. The molecule has 0 radical (unpaired) electrons. The van der Waals surface area contributed by atoms with E-state index in [2.05, 4.69) is 24.7 Å². The molecule has 0 atom stereocenters. The summed E-state index contributed by atoms with van der Waals surface area (Å²) in [4.78, 5) is 24.9. The number of hydrogen-bond acceptors (Lipinski definition) is 6. The second-order valence-electron chi connectivity index (χ2n) is 6.87. The number of ether oxygens (including phenoxy) is 4. The lowest BCUT2D eigenvalue weighted by atomic mass is 10.1. The van der Waals surface area contributed by atoms with Gasteiger partial charge in [-0.1, -0.05) is 13.8 Å². The number of rotatable bonds is 9. The molecule has 0 aliphatic carbocycles. The van der Waals surface area contributed by atoms with Crippen molar-refractivity contribution in [3.63, 3.8) is 0 Å². The van der Waals surface area contributed by atoms with Crippen LogP contribution in [0.25, 0.3) is 0 Å². The van der Waals surface area contributed by atoms with Crippen LogP contribution in [-0.4, -0.2) is 39.8 Å². The maximum absolute atomic E-state index is 12.5. The molecule has 0 fully saturated rings. The summed E-state index contributed by atoms with van der Waals surface area (Å²) in [6.07, 6.45) is 0.908. The molecule has 8 heteroatoms. The van der Waals surface area contributed by atoms with E-state index in [0.717, 1.165) is 6.42 Å². The van der Waals surface area contributed by atoms with Crippen molar-refractivity contribution in [2.24, 2.45) is 5.92 Å². The molecule has 2 N–H and O–H groups in total. The minimum Gasteiger partial charge on any atom is -0.497 e. The van der Waals surface area contributed by atoms with Crippen LogP contribution in [0, 0.1) is 5.92 Å². The van der Waals surface area contributed by atoms with Gasteiger partial charge in [-0.3, -0.25) is 20.4 Å². The zero-order valence-corrected chi connectivity index (χ0v) is 17.9. The average molecular weight is 416 g/mol. The number of benzene rings is 2. The average Bonchev–Trinajstić information content (AvgIpc) is 2.76. The Balaban J connectivity index is 2.05. The summed E-state index contributed by atoms with van der Waals surface area (Å²) in [7, 11) is 4.45. The normalized spacial score (nSPS) is 10.3. The molecule has 2 aromatic carbocycles. The van der Waals surface area contributed by atoms with E-state index in [-0.39, 0.29) is 5.56 Å². The fourth-order valence-electron chi connectivity index (χ4n) is 2.58. The van der Waals surface area contributed by atoms with Crippen LogP contribution in [-0.2, 0) is 0 Å². The molecule has 2 rings (SSSR count). The van der Waals surface area contributed by atoms with Crippen molar-refractivity contribution in [1.29, 1.82) is 0 Å². The quantitative estimate of drug-likeness (QED) is 0.610. The molecule has 0 aromatic heterocycles. The van der Waals surface area contributed by atoms with E-state index in [1.807, 2.05) is 0 Å². The second-order valence-corrected chi connectivity index (χ2v) is 6.87. The topological polar surface area (TPSA) is 95.1 Å². The fourth-order valence-corrected chi connectivity index (χ4v) is 2.58. The molecule has 2 amide bonds. The van der Waals surface area contributed by atoms with Gasteiger partial charge >= 0.3 is 0 Å². The standard InChI is InChI=1S/C22H28N2O6/c1-14(2)10-11-30-19-8-6-15(12-20(19)29-5)21(25)23-24-22(26)17-13-16(27-3)7-9-18(17)28-4/h6-9,12-14H,10-11H2,1-5H3,(H,23,25)(H,24,26). The highest BCUT2D eigenvalue weighted by atomic mass is 16.5. The van der Waals surface area contributed by atoms with Gasteiger partial charge in [-0.25, -0.2) is 0 Å². The van der Waals surface area contributed by atoms with Gasteiger partial charge in [0.05, 0.1) is 33.5 Å². The maximum Gasteiger partial charge on any atom is 0.273 e. The lowest BCUT2D eigenvalue weighted by Gasteiger charge is -2.14. The van der Waals surface area contributed by atoms with Gasteiger partial charge in [-0.15, -0.1) is 0 Å². The lowest BCUT2D eigenvalue weighted by Crippen LogP contribution is -2.41. The van der Waals surface area contributed by atoms with Crippen LogP contribution in [0.3, 0.4) is 0 Å². The summed E-state index contributed by atoms with van der Waals surface area (Å²) < 4.78 is 21.4. The summed E-state index contributed by atoms with van der Waals surface area (Å²) >= 11 is 0. The fraction of sp³-hybridized carbons (Fsp3) is 0.364. The molecule has 30 heavy (non-hydrogen) atoms. The summed E-state index contributed by atoms with van der Waals surface area (Å²) in [5.41, 5.74) is 5.29. The van der Waals surface area contributed by atoms with Gasteiger partial charge in [0, 0.05) is 5.56 Å². The molecule has 0 heterocycles. The number of hydrazine groups is 1. The number of carbonyl (C=O) groups is 2. The van der Waals surface area contributed by atoms with Gasteiger partial charge in [0.2, 0.25) is 0 Å². The SMILES string of the molecule is COc1ccc(OC)c(C(=O)NNC(=O)c2ccc(OCCC(C)C)c(OC)c2)c1. The van der Waals surface area contributed by atoms with E-state index in [9.17, 15) is 9.59 Å². The summed E-state index contributed by atoms with van der Waals surface area (Å²) in [5.74, 6) is 1.31. The molecule has 0 saturated carbocycles. The number of nitrogens with one attached hydrogen (secondary N) is 2. The van der Waals surface area contributed by atoms with E-state index in [1.165, 1.54) is 27.4 Å². The molecule has 0 spiro atoms. The Morgan fingerprint density at radius 3 is 2.13 bits per heavy atom. The number of hydrogen-bond donors (Lipinski definition) is 2. The molecule has 0 bridgehead atoms. The van der Waals surface area contributed by atoms with E-state index in [0.29, 0.717) is 41.1 Å². The first-order valence-electron chi connectivity index (χ1n) is 9.53. The maximum atomic E-state index is 12.5. The smallest absolute Gasteiger partial charge is 0.273 e. The van der Waals surface area contributed by atoms with E-state index >= 15 is 0 Å². The zero-order valence-electron chi connectivity index (χ0n) is 17.9. The Kier molecular flexibility index (Phi) is 8.34. The van der Waals surface area contributed by atoms with Crippen LogP contribution in [0.4, 0.5) is 0 Å². The van der Waals surface area contributed by atoms with Crippen LogP contribution >= 0.6 is 0 Å². The van der Waals surface area contributed by atoms with Crippen LogP contribution in [0.5, 0.6) is 23.0 Å². The Morgan fingerprint density at radius 2 is 1.50 bits per heavy atom. The largest absolute Gasteiger partial charge is 0.497 e. The van der Waals surface area contributed by atoms with Crippen molar-refractivity contribution < 1.29 is 28.5 Å². The molecule has 0 aliphatic heterocycles. The molecule has 8 nitrogen and oxygen atoms in total. The summed E-state index contributed by atoms with van der Waals surface area (Å²) in [6, 6.07) is 9.62. The molecular weight excluding hydrogens is 388 g/mol. The van der Waals surface area contributed by atoms with Crippen LogP contribution < -0.4 is 29.8 Å². The zero-order chi connectivity index (χ0) is 22.1. The van der Waals surface area contributed by atoms with Gasteiger partial charge in [-0.05, 0) is 48.7 Å². The third-order valence-electron chi connectivity index (χ3n) is 4.32. The van der Waals surface area contributed by atoms with Crippen molar-refractivity contribution in [3.8, 4) is 23.0 Å². The number of carbonyl (C=O) groups excluding carboxylic acids is 2. The summed E-state index contributed by atoms with van der Waals surface area (Å²) in [5, 5.41) is 0. The predicted octanol–water partition coefficient (Wildman–Crippen LogP) is 3.21. The van der Waals surface area contributed by atoms with Gasteiger partial charge in [0.15, 0.2) is 11.5 Å². The van der Waals surface area contributed by atoms with Gasteiger partial charge < -0.3 is 18.9 Å². The Hall–Kier alpha value is -3.42. The van der Waals surface area contributed by atoms with Crippen molar-refractivity contribution >= 4 is 11.8 Å². The minimum atomic E-state index is -0.542. The number of methoxy groups -OCH3 is 3. The predicted molar refractivity (Wildman–Crippen MR) is 112 cm³/mol. The molecule has 0 unspecified atom stereocenters.